The van der Waals surface area contributed by atoms with E-state index < -0.39 is 17.8 Å². The third-order valence-corrected chi connectivity index (χ3v) is 6.25. The van der Waals surface area contributed by atoms with Gasteiger partial charge < -0.3 is 15.4 Å². The fraction of sp³-hybridized carbons (Fsp3) is 0.650. The molecule has 1 aromatic rings. The minimum absolute atomic E-state index is 0.101. The lowest BCUT2D eigenvalue weighted by atomic mass is 9.59. The van der Waals surface area contributed by atoms with E-state index in [2.05, 4.69) is 10.6 Å². The van der Waals surface area contributed by atoms with Gasteiger partial charge in [-0.15, -0.1) is 0 Å². The highest BCUT2D eigenvalue weighted by atomic mass is 19.3. The predicted octanol–water partition coefficient (Wildman–Crippen LogP) is 4.52. The molecule has 28 heavy (non-hydrogen) atoms. The average Bonchev–Trinajstić information content (AvgIpc) is 2.57. The van der Waals surface area contributed by atoms with Crippen LogP contribution in [0.2, 0.25) is 0 Å². The van der Waals surface area contributed by atoms with Crippen LogP contribution in [0.15, 0.2) is 18.2 Å². The Bertz CT molecular complexity index is 767. The Morgan fingerprint density at radius 3 is 2.46 bits per heavy atom. The van der Waals surface area contributed by atoms with Crippen LogP contribution in [-0.4, -0.2) is 37.5 Å². The summed E-state index contributed by atoms with van der Waals surface area (Å²) in [6.45, 7) is 0.625. The Morgan fingerprint density at radius 2 is 1.86 bits per heavy atom. The number of halogens is 4. The zero-order chi connectivity index (χ0) is 20.2. The van der Waals surface area contributed by atoms with E-state index in [1.807, 2.05) is 0 Å². The number of alkyl halides is 4. The van der Waals surface area contributed by atoms with Crippen molar-refractivity contribution in [2.45, 2.75) is 62.5 Å². The number of hydrogen-bond donors (Lipinski definition) is 2. The largest absolute Gasteiger partial charge is 0.465 e. The topological polar surface area (TPSA) is 50.4 Å². The molecule has 0 radical (unpaired) electrons. The number of methoxy groups -OCH3 is 1. The van der Waals surface area contributed by atoms with Crippen molar-refractivity contribution in [1.29, 1.82) is 0 Å². The Morgan fingerprint density at radius 1 is 1.14 bits per heavy atom. The van der Waals surface area contributed by atoms with Crippen LogP contribution in [-0.2, 0) is 4.74 Å². The summed E-state index contributed by atoms with van der Waals surface area (Å²) in [5, 5.41) is 6.49. The highest BCUT2D eigenvalue weighted by Gasteiger charge is 2.57. The van der Waals surface area contributed by atoms with E-state index in [1.54, 1.807) is 18.2 Å². The Balaban J connectivity index is 1.57. The maximum Gasteiger partial charge on any atom is 0.337 e. The molecule has 1 aromatic carbocycles. The molecule has 1 spiro atoms. The van der Waals surface area contributed by atoms with E-state index in [4.69, 9.17) is 4.74 Å². The first-order chi connectivity index (χ1) is 13.1. The summed E-state index contributed by atoms with van der Waals surface area (Å²) < 4.78 is 58.2. The number of piperidine rings is 1. The molecule has 4 rings (SSSR count). The summed E-state index contributed by atoms with van der Waals surface area (Å²) in [6.07, 6.45) is 0.547. The maximum atomic E-state index is 13.5. The van der Waals surface area contributed by atoms with Crippen LogP contribution in [0.3, 0.4) is 0 Å². The maximum absolute atomic E-state index is 13.5. The second-order valence-corrected chi connectivity index (χ2v) is 8.57. The number of carbonyl (C=O) groups excluding carboxylic acids is 1. The summed E-state index contributed by atoms with van der Waals surface area (Å²) in [5.74, 6) is -5.77. The lowest BCUT2D eigenvalue weighted by Gasteiger charge is -2.52. The van der Waals surface area contributed by atoms with Crippen molar-refractivity contribution in [3.63, 3.8) is 0 Å². The number of esters is 1. The van der Waals surface area contributed by atoms with Crippen molar-refractivity contribution in [2.75, 3.05) is 19.0 Å². The Kier molecular flexibility index (Phi) is 4.60. The smallest absolute Gasteiger partial charge is 0.337 e. The number of rotatable bonds is 4. The molecular formula is C20H24F4N2O2. The van der Waals surface area contributed by atoms with E-state index in [9.17, 15) is 22.4 Å². The van der Waals surface area contributed by atoms with E-state index >= 15 is 0 Å². The van der Waals surface area contributed by atoms with Crippen molar-refractivity contribution in [1.82, 2.24) is 5.32 Å². The molecule has 154 valence electrons. The molecule has 1 aliphatic heterocycles. The van der Waals surface area contributed by atoms with E-state index in [0.29, 0.717) is 30.6 Å². The minimum atomic E-state index is -2.66. The molecule has 3 aliphatic rings. The van der Waals surface area contributed by atoms with Gasteiger partial charge in [0.25, 0.3) is 5.92 Å². The molecule has 4 nitrogen and oxygen atoms in total. The van der Waals surface area contributed by atoms with Crippen molar-refractivity contribution < 1.29 is 27.1 Å². The van der Waals surface area contributed by atoms with Crippen LogP contribution in [0.5, 0.6) is 0 Å². The van der Waals surface area contributed by atoms with Crippen molar-refractivity contribution in [2.24, 2.45) is 5.41 Å². The summed E-state index contributed by atoms with van der Waals surface area (Å²) in [5.41, 5.74) is 1.35. The number of carbonyl (C=O) groups is 1. The fourth-order valence-corrected chi connectivity index (χ4v) is 4.92. The normalized spacial score (nSPS) is 27.5. The second-order valence-electron chi connectivity index (χ2n) is 8.57. The van der Waals surface area contributed by atoms with E-state index in [-0.39, 0.29) is 43.2 Å². The number of anilines is 1. The second kappa shape index (κ2) is 6.61. The molecule has 8 heteroatoms. The molecule has 1 unspecified atom stereocenters. The van der Waals surface area contributed by atoms with Gasteiger partial charge >= 0.3 is 5.97 Å². The lowest BCUT2D eigenvalue weighted by molar-refractivity contribution is -0.174. The molecule has 0 amide bonds. The first-order valence-corrected chi connectivity index (χ1v) is 9.58. The van der Waals surface area contributed by atoms with E-state index in [1.165, 1.54) is 7.11 Å². The SMILES string of the molecule is COC(=O)c1ccc(C2CC3(CCN2)CC(F)(F)C3)c(NC2CC(F)(F)C2)c1. The monoisotopic (exact) mass is 400 g/mol. The summed E-state index contributed by atoms with van der Waals surface area (Å²) >= 11 is 0. The zero-order valence-corrected chi connectivity index (χ0v) is 15.7. The number of nitrogens with one attached hydrogen (secondary N) is 2. The van der Waals surface area contributed by atoms with Crippen LogP contribution in [0.25, 0.3) is 0 Å². The number of ether oxygens (including phenoxy) is 1. The molecule has 0 bridgehead atoms. The van der Waals surface area contributed by atoms with Crippen LogP contribution in [0, 0.1) is 5.41 Å². The Labute approximate surface area is 161 Å². The van der Waals surface area contributed by atoms with Gasteiger partial charge in [-0.25, -0.2) is 22.4 Å². The molecule has 2 aliphatic carbocycles. The van der Waals surface area contributed by atoms with E-state index in [0.717, 1.165) is 5.56 Å². The predicted molar refractivity (Wildman–Crippen MR) is 96.0 cm³/mol. The van der Waals surface area contributed by atoms with Gasteiger partial charge in [-0.2, -0.15) is 0 Å². The molecule has 1 atom stereocenters. The summed E-state index contributed by atoms with van der Waals surface area (Å²) in [4.78, 5) is 11.9. The fourth-order valence-electron chi connectivity index (χ4n) is 4.92. The zero-order valence-electron chi connectivity index (χ0n) is 15.7. The summed E-state index contributed by atoms with van der Waals surface area (Å²) in [6, 6.07) is 4.45. The van der Waals surface area contributed by atoms with Gasteiger partial charge in [0.2, 0.25) is 5.92 Å². The van der Waals surface area contributed by atoms with Gasteiger partial charge in [0.1, 0.15) is 0 Å². The Hall–Kier alpha value is -1.83. The summed E-state index contributed by atoms with van der Waals surface area (Å²) in [7, 11) is 1.28. The molecule has 3 fully saturated rings. The van der Waals surface area contributed by atoms with Crippen molar-refractivity contribution in [3.05, 3.63) is 29.3 Å². The minimum Gasteiger partial charge on any atom is -0.465 e. The molecule has 2 N–H and O–H groups in total. The molecule has 2 saturated carbocycles. The van der Waals surface area contributed by atoms with Gasteiger partial charge in [-0.05, 0) is 42.5 Å². The molecule has 1 heterocycles. The number of hydrogen-bond acceptors (Lipinski definition) is 4. The first-order valence-electron chi connectivity index (χ1n) is 9.58. The molecular weight excluding hydrogens is 376 g/mol. The van der Waals surface area contributed by atoms with Crippen LogP contribution in [0.4, 0.5) is 23.2 Å². The molecule has 1 saturated heterocycles. The van der Waals surface area contributed by atoms with Gasteiger partial charge in [0, 0.05) is 43.5 Å². The van der Waals surface area contributed by atoms with Crippen LogP contribution in [0.1, 0.15) is 60.5 Å². The molecule has 0 aromatic heterocycles. The standard InChI is InChI=1S/C20H24F4N2O2/c1-28-17(27)12-2-3-14(15(6-12)26-13-7-19(21,22)8-13)16-9-18(4-5-25-16)10-20(23,24)11-18/h2-3,6,13,16,25-26H,4-5,7-11H2,1H3. The quantitative estimate of drug-likeness (QED) is 0.576. The average molecular weight is 400 g/mol. The van der Waals surface area contributed by atoms with Crippen molar-refractivity contribution >= 4 is 11.7 Å². The highest BCUT2D eigenvalue weighted by Crippen LogP contribution is 2.59. The van der Waals surface area contributed by atoms with Gasteiger partial charge in [0.05, 0.1) is 12.7 Å². The van der Waals surface area contributed by atoms with Gasteiger partial charge in [-0.1, -0.05) is 6.07 Å². The van der Waals surface area contributed by atoms with Crippen LogP contribution < -0.4 is 10.6 Å². The van der Waals surface area contributed by atoms with Gasteiger partial charge in [0.15, 0.2) is 0 Å². The van der Waals surface area contributed by atoms with Crippen LogP contribution >= 0.6 is 0 Å². The highest BCUT2D eigenvalue weighted by molar-refractivity contribution is 5.90. The van der Waals surface area contributed by atoms with Gasteiger partial charge in [-0.3, -0.25) is 0 Å². The lowest BCUT2D eigenvalue weighted by Crippen LogP contribution is -2.52. The third-order valence-electron chi connectivity index (χ3n) is 6.25. The first kappa shape index (κ1) is 19.5. The third kappa shape index (κ3) is 3.71. The van der Waals surface area contributed by atoms with Crippen molar-refractivity contribution in [3.8, 4) is 0 Å². The number of benzene rings is 1.